The Kier molecular flexibility index (Phi) is 4.51. The second kappa shape index (κ2) is 5.96. The van der Waals surface area contributed by atoms with Crippen molar-refractivity contribution in [3.63, 3.8) is 0 Å². The molecule has 19 heavy (non-hydrogen) atoms. The van der Waals surface area contributed by atoms with Gasteiger partial charge in [-0.1, -0.05) is 45.9 Å². The molecular formula is C17H27NO. The Balaban J connectivity index is 1.98. The molecule has 0 saturated heterocycles. The molecule has 2 heteroatoms. The van der Waals surface area contributed by atoms with Crippen LogP contribution in [0.4, 0.5) is 0 Å². The van der Waals surface area contributed by atoms with Crippen LogP contribution in [0.3, 0.4) is 0 Å². The van der Waals surface area contributed by atoms with E-state index >= 15 is 0 Å². The number of hydrogen-bond acceptors (Lipinski definition) is 2. The third-order valence-corrected chi connectivity index (χ3v) is 4.44. The highest BCUT2D eigenvalue weighted by Gasteiger charge is 2.49. The van der Waals surface area contributed by atoms with Gasteiger partial charge in [0, 0.05) is 17.9 Å². The Morgan fingerprint density at radius 3 is 2.63 bits per heavy atom. The van der Waals surface area contributed by atoms with Gasteiger partial charge in [0.25, 0.3) is 0 Å². The molecule has 2 atom stereocenters. The Labute approximate surface area is 117 Å². The van der Waals surface area contributed by atoms with E-state index in [4.69, 9.17) is 4.74 Å². The van der Waals surface area contributed by atoms with Crippen LogP contribution in [0.2, 0.25) is 0 Å². The minimum atomic E-state index is 0.218. The average Bonchev–Trinajstić information content (AvgIpc) is 2.42. The molecule has 0 aromatic heterocycles. The monoisotopic (exact) mass is 261 g/mol. The fourth-order valence-electron chi connectivity index (χ4n) is 2.81. The normalized spacial score (nSPS) is 24.8. The molecule has 2 nitrogen and oxygen atoms in total. The second-order valence-electron chi connectivity index (χ2n) is 6.13. The molecule has 1 aromatic carbocycles. The standard InChI is InChI=1S/C17H27NO/c1-5-11-18-15-12-16(17(15,3)4)19-14-10-8-7-9-13(14)6-2/h7-10,15-16,18H,5-6,11-12H2,1-4H3. The van der Waals surface area contributed by atoms with Crippen molar-refractivity contribution in [2.24, 2.45) is 5.41 Å². The molecule has 1 aromatic rings. The molecule has 2 rings (SSSR count). The van der Waals surface area contributed by atoms with Crippen LogP contribution < -0.4 is 10.1 Å². The van der Waals surface area contributed by atoms with E-state index in [1.54, 1.807) is 0 Å². The van der Waals surface area contributed by atoms with E-state index < -0.39 is 0 Å². The Morgan fingerprint density at radius 1 is 1.26 bits per heavy atom. The van der Waals surface area contributed by atoms with Crippen molar-refractivity contribution in [3.05, 3.63) is 29.8 Å². The first-order chi connectivity index (χ1) is 9.09. The van der Waals surface area contributed by atoms with E-state index in [2.05, 4.69) is 57.3 Å². The van der Waals surface area contributed by atoms with Gasteiger partial charge in [0.1, 0.15) is 11.9 Å². The van der Waals surface area contributed by atoms with Crippen LogP contribution in [0.5, 0.6) is 5.75 Å². The molecular weight excluding hydrogens is 234 g/mol. The number of para-hydroxylation sites is 1. The molecule has 1 fully saturated rings. The molecule has 0 spiro atoms. The summed E-state index contributed by atoms with van der Waals surface area (Å²) >= 11 is 0. The largest absolute Gasteiger partial charge is 0.489 e. The highest BCUT2D eigenvalue weighted by molar-refractivity contribution is 5.34. The maximum absolute atomic E-state index is 6.26. The molecule has 2 unspecified atom stereocenters. The highest BCUT2D eigenvalue weighted by atomic mass is 16.5. The van der Waals surface area contributed by atoms with Gasteiger partial charge in [-0.3, -0.25) is 0 Å². The van der Waals surface area contributed by atoms with Crippen LogP contribution in [0.25, 0.3) is 0 Å². The summed E-state index contributed by atoms with van der Waals surface area (Å²) in [4.78, 5) is 0. The summed E-state index contributed by atoms with van der Waals surface area (Å²) in [6.45, 7) is 10.1. The van der Waals surface area contributed by atoms with Gasteiger partial charge in [-0.2, -0.15) is 0 Å². The van der Waals surface area contributed by atoms with Crippen molar-refractivity contribution in [2.45, 2.75) is 59.1 Å². The summed E-state index contributed by atoms with van der Waals surface area (Å²) in [5.74, 6) is 1.07. The smallest absolute Gasteiger partial charge is 0.122 e. The number of ether oxygens (including phenoxy) is 1. The summed E-state index contributed by atoms with van der Waals surface area (Å²) in [6.07, 6.45) is 3.66. The van der Waals surface area contributed by atoms with Crippen LogP contribution >= 0.6 is 0 Å². The van der Waals surface area contributed by atoms with Crippen molar-refractivity contribution in [2.75, 3.05) is 6.54 Å². The molecule has 0 aliphatic heterocycles. The molecule has 0 amide bonds. The predicted molar refractivity (Wildman–Crippen MR) is 80.7 cm³/mol. The van der Waals surface area contributed by atoms with Crippen molar-refractivity contribution < 1.29 is 4.74 Å². The lowest BCUT2D eigenvalue weighted by Crippen LogP contribution is -2.62. The van der Waals surface area contributed by atoms with Crippen molar-refractivity contribution in [3.8, 4) is 5.75 Å². The molecule has 106 valence electrons. The maximum Gasteiger partial charge on any atom is 0.122 e. The Morgan fingerprint density at radius 2 is 2.00 bits per heavy atom. The van der Waals surface area contributed by atoms with E-state index in [9.17, 15) is 0 Å². The van der Waals surface area contributed by atoms with Gasteiger partial charge >= 0.3 is 0 Å². The first-order valence-electron chi connectivity index (χ1n) is 7.57. The first kappa shape index (κ1) is 14.4. The quantitative estimate of drug-likeness (QED) is 0.841. The molecule has 1 N–H and O–H groups in total. The van der Waals surface area contributed by atoms with Crippen LogP contribution in [0.15, 0.2) is 24.3 Å². The third-order valence-electron chi connectivity index (χ3n) is 4.44. The summed E-state index contributed by atoms with van der Waals surface area (Å²) in [7, 11) is 0. The van der Waals surface area contributed by atoms with E-state index in [0.717, 1.165) is 25.1 Å². The van der Waals surface area contributed by atoms with Crippen LogP contribution in [0, 0.1) is 5.41 Å². The van der Waals surface area contributed by atoms with Crippen LogP contribution in [0.1, 0.15) is 46.1 Å². The van der Waals surface area contributed by atoms with Gasteiger partial charge in [-0.05, 0) is 31.0 Å². The summed E-state index contributed by atoms with van der Waals surface area (Å²) in [5, 5.41) is 3.62. The van der Waals surface area contributed by atoms with Crippen molar-refractivity contribution in [1.29, 1.82) is 0 Å². The molecule has 0 bridgehead atoms. The summed E-state index contributed by atoms with van der Waals surface area (Å²) < 4.78 is 6.26. The van der Waals surface area contributed by atoms with Gasteiger partial charge in [-0.15, -0.1) is 0 Å². The number of hydrogen-bond donors (Lipinski definition) is 1. The van der Waals surface area contributed by atoms with Crippen molar-refractivity contribution in [1.82, 2.24) is 5.32 Å². The summed E-state index contributed by atoms with van der Waals surface area (Å²) in [6, 6.07) is 9.00. The minimum absolute atomic E-state index is 0.218. The second-order valence-corrected chi connectivity index (χ2v) is 6.13. The van der Waals surface area contributed by atoms with E-state index in [1.807, 2.05) is 0 Å². The molecule has 1 aliphatic carbocycles. The third kappa shape index (κ3) is 2.94. The van der Waals surface area contributed by atoms with Gasteiger partial charge in [0.05, 0.1) is 0 Å². The highest BCUT2D eigenvalue weighted by Crippen LogP contribution is 2.43. The zero-order valence-corrected chi connectivity index (χ0v) is 12.7. The SMILES string of the molecule is CCCNC1CC(Oc2ccccc2CC)C1(C)C. The lowest BCUT2D eigenvalue weighted by Gasteiger charge is -2.52. The average molecular weight is 261 g/mol. The van der Waals surface area contributed by atoms with Gasteiger partial charge in [-0.25, -0.2) is 0 Å². The van der Waals surface area contributed by atoms with Gasteiger partial charge in [0.15, 0.2) is 0 Å². The van der Waals surface area contributed by atoms with Gasteiger partial charge < -0.3 is 10.1 Å². The zero-order chi connectivity index (χ0) is 13.9. The molecule has 1 saturated carbocycles. The maximum atomic E-state index is 6.26. The fourth-order valence-corrected chi connectivity index (χ4v) is 2.81. The number of aryl methyl sites for hydroxylation is 1. The predicted octanol–water partition coefficient (Wildman–Crippen LogP) is 3.79. The lowest BCUT2D eigenvalue weighted by molar-refractivity contribution is -0.0550. The van der Waals surface area contributed by atoms with E-state index in [1.165, 1.54) is 12.0 Å². The number of nitrogens with one attached hydrogen (secondary N) is 1. The first-order valence-corrected chi connectivity index (χ1v) is 7.57. The van der Waals surface area contributed by atoms with Crippen LogP contribution in [-0.2, 0) is 6.42 Å². The molecule has 0 radical (unpaired) electrons. The fraction of sp³-hybridized carbons (Fsp3) is 0.647. The minimum Gasteiger partial charge on any atom is -0.489 e. The molecule has 0 heterocycles. The summed E-state index contributed by atoms with van der Waals surface area (Å²) in [5.41, 5.74) is 1.53. The Bertz CT molecular complexity index is 413. The van der Waals surface area contributed by atoms with Crippen LogP contribution in [-0.4, -0.2) is 18.7 Å². The lowest BCUT2D eigenvalue weighted by atomic mass is 9.64. The Hall–Kier alpha value is -1.02. The number of benzene rings is 1. The van der Waals surface area contributed by atoms with E-state index in [-0.39, 0.29) is 5.41 Å². The number of rotatable bonds is 6. The van der Waals surface area contributed by atoms with E-state index in [0.29, 0.717) is 12.1 Å². The topological polar surface area (TPSA) is 21.3 Å². The van der Waals surface area contributed by atoms with Crippen molar-refractivity contribution >= 4 is 0 Å². The van der Waals surface area contributed by atoms with Gasteiger partial charge in [0.2, 0.25) is 0 Å². The zero-order valence-electron chi connectivity index (χ0n) is 12.7. The molecule has 1 aliphatic rings.